The van der Waals surface area contributed by atoms with Crippen molar-refractivity contribution in [2.45, 2.75) is 13.0 Å². The summed E-state index contributed by atoms with van der Waals surface area (Å²) in [6.07, 6.45) is 0. The molecule has 0 bridgehead atoms. The quantitative estimate of drug-likeness (QED) is 0.812. The average molecular weight is 213 g/mol. The second kappa shape index (κ2) is 5.68. The summed E-state index contributed by atoms with van der Waals surface area (Å²) in [6, 6.07) is 4.14. The molecule has 0 aliphatic heterocycles. The van der Waals surface area contributed by atoms with Gasteiger partial charge in [0.1, 0.15) is 11.6 Å². The molecule has 0 radical (unpaired) electrons. The highest BCUT2D eigenvalue weighted by Gasteiger charge is 2.16. The lowest BCUT2D eigenvalue weighted by atomic mass is 10.1. The van der Waals surface area contributed by atoms with Crippen LogP contribution in [0.15, 0.2) is 18.2 Å². The van der Waals surface area contributed by atoms with Crippen LogP contribution in [-0.4, -0.2) is 20.3 Å². The molecule has 1 rings (SSSR count). The zero-order chi connectivity index (χ0) is 11.3. The molecule has 2 N–H and O–H groups in total. The van der Waals surface area contributed by atoms with Crippen molar-refractivity contribution in [3.8, 4) is 5.75 Å². The maximum atomic E-state index is 13.5. The van der Waals surface area contributed by atoms with Crippen molar-refractivity contribution in [1.29, 1.82) is 0 Å². The third-order valence-corrected chi connectivity index (χ3v) is 2.11. The molecular formula is C11H16FNO2. The van der Waals surface area contributed by atoms with Crippen LogP contribution in [-0.2, 0) is 4.74 Å². The molecule has 0 heterocycles. The number of rotatable bonds is 5. The minimum Gasteiger partial charge on any atom is -0.496 e. The van der Waals surface area contributed by atoms with E-state index >= 15 is 0 Å². The van der Waals surface area contributed by atoms with E-state index in [2.05, 4.69) is 0 Å². The molecule has 84 valence electrons. The van der Waals surface area contributed by atoms with E-state index in [0.29, 0.717) is 17.9 Å². The molecule has 0 spiro atoms. The second-order valence-electron chi connectivity index (χ2n) is 3.12. The Morgan fingerprint density at radius 2 is 2.20 bits per heavy atom. The summed E-state index contributed by atoms with van der Waals surface area (Å²) in [5.74, 6) is 0.101. The molecule has 0 aliphatic rings. The minimum absolute atomic E-state index is 0.286. The summed E-state index contributed by atoms with van der Waals surface area (Å²) >= 11 is 0. The molecule has 0 aromatic heterocycles. The zero-order valence-corrected chi connectivity index (χ0v) is 9.00. The van der Waals surface area contributed by atoms with Gasteiger partial charge in [-0.1, -0.05) is 6.07 Å². The molecule has 4 heteroatoms. The van der Waals surface area contributed by atoms with E-state index in [4.69, 9.17) is 15.2 Å². The highest BCUT2D eigenvalue weighted by Crippen LogP contribution is 2.26. The van der Waals surface area contributed by atoms with Gasteiger partial charge in [-0.05, 0) is 19.1 Å². The number of hydrogen-bond donors (Lipinski definition) is 1. The summed E-state index contributed by atoms with van der Waals surface area (Å²) in [4.78, 5) is 0. The predicted molar refractivity (Wildman–Crippen MR) is 56.4 cm³/mol. The number of nitrogens with two attached hydrogens (primary N) is 1. The molecule has 1 aromatic carbocycles. The second-order valence-corrected chi connectivity index (χ2v) is 3.12. The normalized spacial score (nSPS) is 12.5. The molecule has 0 saturated carbocycles. The standard InChI is InChI=1S/C11H16FNO2/c1-3-15-7-9(13)11-8(12)5-4-6-10(11)14-2/h4-6,9H,3,7,13H2,1-2H3. The Labute approximate surface area is 89.0 Å². The summed E-state index contributed by atoms with van der Waals surface area (Å²) in [5, 5.41) is 0. The van der Waals surface area contributed by atoms with Crippen molar-refractivity contribution in [2.24, 2.45) is 5.73 Å². The molecule has 0 amide bonds. The largest absolute Gasteiger partial charge is 0.496 e. The first kappa shape index (κ1) is 11.9. The predicted octanol–water partition coefficient (Wildman–Crippen LogP) is 1.87. The van der Waals surface area contributed by atoms with Gasteiger partial charge in [-0.25, -0.2) is 4.39 Å². The van der Waals surface area contributed by atoms with E-state index < -0.39 is 6.04 Å². The van der Waals surface area contributed by atoms with E-state index in [1.807, 2.05) is 6.92 Å². The van der Waals surface area contributed by atoms with Crippen LogP contribution in [0, 0.1) is 5.82 Å². The van der Waals surface area contributed by atoms with Crippen molar-refractivity contribution >= 4 is 0 Å². The highest BCUT2D eigenvalue weighted by atomic mass is 19.1. The van der Waals surface area contributed by atoms with Crippen LogP contribution < -0.4 is 10.5 Å². The molecular weight excluding hydrogens is 197 g/mol. The molecule has 1 atom stereocenters. The van der Waals surface area contributed by atoms with Crippen LogP contribution in [0.25, 0.3) is 0 Å². The molecule has 1 unspecified atom stereocenters. The van der Waals surface area contributed by atoms with Gasteiger partial charge in [-0.3, -0.25) is 0 Å². The van der Waals surface area contributed by atoms with Crippen LogP contribution in [0.1, 0.15) is 18.5 Å². The summed E-state index contributed by atoms with van der Waals surface area (Å²) in [5.41, 5.74) is 6.18. The van der Waals surface area contributed by atoms with E-state index in [1.165, 1.54) is 13.2 Å². The lowest BCUT2D eigenvalue weighted by Crippen LogP contribution is -2.19. The zero-order valence-electron chi connectivity index (χ0n) is 9.00. The Balaban J connectivity index is 2.90. The number of hydrogen-bond acceptors (Lipinski definition) is 3. The van der Waals surface area contributed by atoms with E-state index in [0.717, 1.165) is 0 Å². The Morgan fingerprint density at radius 3 is 2.80 bits per heavy atom. The average Bonchev–Trinajstić information content (AvgIpc) is 2.25. The van der Waals surface area contributed by atoms with Gasteiger partial charge in [0.15, 0.2) is 0 Å². The topological polar surface area (TPSA) is 44.5 Å². The van der Waals surface area contributed by atoms with Gasteiger partial charge in [-0.15, -0.1) is 0 Å². The molecule has 0 aliphatic carbocycles. The maximum Gasteiger partial charge on any atom is 0.131 e. The van der Waals surface area contributed by atoms with Gasteiger partial charge < -0.3 is 15.2 Å². The third kappa shape index (κ3) is 2.91. The first-order valence-corrected chi connectivity index (χ1v) is 4.86. The van der Waals surface area contributed by atoms with Crippen molar-refractivity contribution in [3.63, 3.8) is 0 Å². The Bertz CT molecular complexity index is 317. The lowest BCUT2D eigenvalue weighted by molar-refractivity contribution is 0.131. The monoisotopic (exact) mass is 213 g/mol. The lowest BCUT2D eigenvalue weighted by Gasteiger charge is -2.16. The fourth-order valence-electron chi connectivity index (χ4n) is 1.38. The van der Waals surface area contributed by atoms with Crippen LogP contribution in [0.3, 0.4) is 0 Å². The molecule has 15 heavy (non-hydrogen) atoms. The number of benzene rings is 1. The molecule has 0 saturated heterocycles. The molecule has 3 nitrogen and oxygen atoms in total. The number of methoxy groups -OCH3 is 1. The third-order valence-electron chi connectivity index (χ3n) is 2.11. The number of halogens is 1. The molecule has 1 aromatic rings. The molecule has 0 fully saturated rings. The summed E-state index contributed by atoms with van der Waals surface area (Å²) in [7, 11) is 1.49. The van der Waals surface area contributed by atoms with Crippen molar-refractivity contribution < 1.29 is 13.9 Å². The van der Waals surface area contributed by atoms with Crippen LogP contribution in [0.5, 0.6) is 5.75 Å². The first-order valence-electron chi connectivity index (χ1n) is 4.86. The fourth-order valence-corrected chi connectivity index (χ4v) is 1.38. The maximum absolute atomic E-state index is 13.5. The smallest absolute Gasteiger partial charge is 0.131 e. The van der Waals surface area contributed by atoms with Crippen molar-refractivity contribution in [2.75, 3.05) is 20.3 Å². The fraction of sp³-hybridized carbons (Fsp3) is 0.455. The summed E-state index contributed by atoms with van der Waals surface area (Å²) in [6.45, 7) is 2.71. The van der Waals surface area contributed by atoms with Gasteiger partial charge in [-0.2, -0.15) is 0 Å². The van der Waals surface area contributed by atoms with Crippen LogP contribution >= 0.6 is 0 Å². The summed E-state index contributed by atoms with van der Waals surface area (Å²) < 4.78 is 23.7. The van der Waals surface area contributed by atoms with Crippen LogP contribution in [0.4, 0.5) is 4.39 Å². The highest BCUT2D eigenvalue weighted by molar-refractivity contribution is 5.37. The van der Waals surface area contributed by atoms with E-state index in [9.17, 15) is 4.39 Å². The van der Waals surface area contributed by atoms with Crippen LogP contribution in [0.2, 0.25) is 0 Å². The number of ether oxygens (including phenoxy) is 2. The Morgan fingerprint density at radius 1 is 1.47 bits per heavy atom. The van der Waals surface area contributed by atoms with Gasteiger partial charge in [0.05, 0.1) is 19.8 Å². The van der Waals surface area contributed by atoms with Crippen molar-refractivity contribution in [3.05, 3.63) is 29.6 Å². The first-order chi connectivity index (χ1) is 7.20. The van der Waals surface area contributed by atoms with Gasteiger partial charge >= 0.3 is 0 Å². The van der Waals surface area contributed by atoms with Gasteiger partial charge in [0, 0.05) is 12.2 Å². The Hall–Kier alpha value is -1.13. The minimum atomic E-state index is -0.499. The van der Waals surface area contributed by atoms with Crippen molar-refractivity contribution in [1.82, 2.24) is 0 Å². The van der Waals surface area contributed by atoms with Gasteiger partial charge in [0.25, 0.3) is 0 Å². The SMILES string of the molecule is CCOCC(N)c1c(F)cccc1OC. The van der Waals surface area contributed by atoms with Gasteiger partial charge in [0.2, 0.25) is 0 Å². The van der Waals surface area contributed by atoms with E-state index in [-0.39, 0.29) is 12.4 Å². The van der Waals surface area contributed by atoms with E-state index in [1.54, 1.807) is 12.1 Å². The Kier molecular flexibility index (Phi) is 4.52.